The molecule has 0 unspecified atom stereocenters. The lowest BCUT2D eigenvalue weighted by molar-refractivity contribution is -0.656. The quantitative estimate of drug-likeness (QED) is 0.343. The molecule has 4 rings (SSSR count). The lowest BCUT2D eigenvalue weighted by Crippen LogP contribution is -2.31. The number of thiazole rings is 1. The Kier molecular flexibility index (Phi) is 4.37. The highest BCUT2D eigenvalue weighted by molar-refractivity contribution is 14.1. The first kappa shape index (κ1) is 15.8. The summed E-state index contributed by atoms with van der Waals surface area (Å²) in [6.07, 6.45) is 0. The summed E-state index contributed by atoms with van der Waals surface area (Å²) in [5, 5.41) is 3.36. The van der Waals surface area contributed by atoms with E-state index in [1.807, 2.05) is 30.3 Å². The molecule has 120 valence electrons. The van der Waals surface area contributed by atoms with Gasteiger partial charge >= 0.3 is 5.13 Å². The van der Waals surface area contributed by atoms with Crippen LogP contribution in [0.25, 0.3) is 11.3 Å². The summed E-state index contributed by atoms with van der Waals surface area (Å²) in [4.78, 5) is 14.7. The largest absolute Gasteiger partial charge is 0.337 e. The van der Waals surface area contributed by atoms with Crippen LogP contribution in [0.1, 0.15) is 10.4 Å². The van der Waals surface area contributed by atoms with Crippen molar-refractivity contribution in [3.05, 3.63) is 69.1 Å². The summed E-state index contributed by atoms with van der Waals surface area (Å²) < 4.78 is 3.47. The molecule has 0 saturated heterocycles. The predicted octanol–water partition coefficient (Wildman–Crippen LogP) is 4.01. The number of nitrogens with zero attached hydrogens (tertiary/aromatic N) is 2. The summed E-state index contributed by atoms with van der Waals surface area (Å²) in [5.41, 5.74) is 3.25. The van der Waals surface area contributed by atoms with Crippen LogP contribution in [-0.4, -0.2) is 18.9 Å². The van der Waals surface area contributed by atoms with E-state index in [2.05, 4.69) is 61.7 Å². The van der Waals surface area contributed by atoms with E-state index in [9.17, 15) is 4.79 Å². The van der Waals surface area contributed by atoms with Gasteiger partial charge in [0.2, 0.25) is 5.78 Å². The molecule has 0 bridgehead atoms. The number of carbonyl (C=O) groups excluding carboxylic acids is 1. The molecule has 3 nitrogen and oxygen atoms in total. The highest BCUT2D eigenvalue weighted by Crippen LogP contribution is 2.28. The lowest BCUT2D eigenvalue weighted by Gasteiger charge is -2.07. The molecule has 5 heteroatoms. The first-order valence-corrected chi connectivity index (χ1v) is 9.79. The van der Waals surface area contributed by atoms with Crippen molar-refractivity contribution in [1.29, 1.82) is 0 Å². The number of hydrogen-bond acceptors (Lipinski definition) is 3. The Balaban J connectivity index is 1.56. The van der Waals surface area contributed by atoms with Gasteiger partial charge < -0.3 is 0 Å². The maximum absolute atomic E-state index is 12.5. The van der Waals surface area contributed by atoms with Crippen molar-refractivity contribution in [3.8, 4) is 11.3 Å². The zero-order valence-corrected chi connectivity index (χ0v) is 16.0. The minimum Gasteiger partial charge on any atom is -0.290 e. The number of anilines is 1. The fraction of sp³-hybridized carbons (Fsp3) is 0.158. The van der Waals surface area contributed by atoms with Gasteiger partial charge in [0.25, 0.3) is 0 Å². The Labute approximate surface area is 158 Å². The van der Waals surface area contributed by atoms with E-state index in [0.29, 0.717) is 6.54 Å². The van der Waals surface area contributed by atoms with Crippen molar-refractivity contribution in [3.63, 3.8) is 0 Å². The molecule has 24 heavy (non-hydrogen) atoms. The second-order valence-electron chi connectivity index (χ2n) is 5.77. The average Bonchev–Trinajstić information content (AvgIpc) is 3.19. The molecule has 1 aliphatic rings. The maximum atomic E-state index is 12.5. The molecular weight excluding hydrogens is 431 g/mol. The Bertz CT molecular complexity index is 874. The van der Waals surface area contributed by atoms with Crippen LogP contribution >= 0.6 is 33.9 Å². The zero-order chi connectivity index (χ0) is 16.5. The minimum absolute atomic E-state index is 0.175. The molecule has 0 spiro atoms. The molecule has 0 fully saturated rings. The number of aromatic nitrogens is 1. The number of ketones is 1. The second-order valence-corrected chi connectivity index (χ2v) is 7.85. The van der Waals surface area contributed by atoms with Gasteiger partial charge in [0.15, 0.2) is 0 Å². The summed E-state index contributed by atoms with van der Waals surface area (Å²) >= 11 is 3.97. The van der Waals surface area contributed by atoms with Crippen LogP contribution in [0.2, 0.25) is 0 Å². The van der Waals surface area contributed by atoms with Gasteiger partial charge in [-0.15, -0.1) is 0 Å². The molecule has 0 amide bonds. The Morgan fingerprint density at radius 3 is 2.62 bits per heavy atom. The van der Waals surface area contributed by atoms with Crippen LogP contribution in [0.5, 0.6) is 0 Å². The second kappa shape index (κ2) is 6.64. The van der Waals surface area contributed by atoms with E-state index < -0.39 is 0 Å². The van der Waals surface area contributed by atoms with Crippen molar-refractivity contribution in [2.75, 3.05) is 18.0 Å². The summed E-state index contributed by atoms with van der Waals surface area (Å²) in [6, 6.07) is 18.2. The topological polar surface area (TPSA) is 24.2 Å². The van der Waals surface area contributed by atoms with Crippen LogP contribution in [-0.2, 0) is 6.54 Å². The number of rotatable bonds is 4. The third kappa shape index (κ3) is 2.98. The predicted molar refractivity (Wildman–Crippen MR) is 106 cm³/mol. The molecule has 0 atom stereocenters. The molecule has 3 aromatic rings. The molecule has 0 radical (unpaired) electrons. The average molecular weight is 447 g/mol. The first-order chi connectivity index (χ1) is 11.7. The maximum Gasteiger partial charge on any atom is 0.337 e. The van der Waals surface area contributed by atoms with E-state index in [-0.39, 0.29) is 5.78 Å². The van der Waals surface area contributed by atoms with Gasteiger partial charge in [0, 0.05) is 20.1 Å². The highest BCUT2D eigenvalue weighted by atomic mass is 127. The summed E-state index contributed by atoms with van der Waals surface area (Å²) in [7, 11) is 0. The van der Waals surface area contributed by atoms with Crippen LogP contribution in [0.4, 0.5) is 5.13 Å². The Morgan fingerprint density at radius 1 is 1.12 bits per heavy atom. The van der Waals surface area contributed by atoms with E-state index >= 15 is 0 Å². The van der Waals surface area contributed by atoms with Crippen molar-refractivity contribution >= 4 is 44.8 Å². The number of benzene rings is 2. The fourth-order valence-electron chi connectivity index (χ4n) is 3.00. The molecule has 2 heterocycles. The third-order valence-corrected chi connectivity index (χ3v) is 5.98. The lowest BCUT2D eigenvalue weighted by atomic mass is 10.1. The van der Waals surface area contributed by atoms with Gasteiger partial charge in [0.05, 0.1) is 0 Å². The molecule has 2 aromatic carbocycles. The van der Waals surface area contributed by atoms with E-state index in [0.717, 1.165) is 22.2 Å². The molecular formula is C19H16IN2OS+. The number of hydrogen-bond donors (Lipinski definition) is 0. The molecule has 0 aliphatic carbocycles. The summed E-state index contributed by atoms with van der Waals surface area (Å²) in [5.74, 6) is 0.175. The molecule has 1 aromatic heterocycles. The first-order valence-electron chi connectivity index (χ1n) is 7.83. The van der Waals surface area contributed by atoms with Crippen molar-refractivity contribution in [2.45, 2.75) is 6.54 Å². The molecule has 0 saturated carbocycles. The van der Waals surface area contributed by atoms with Crippen molar-refractivity contribution in [1.82, 2.24) is 0 Å². The number of fused-ring (bicyclic) bond motifs is 1. The Morgan fingerprint density at radius 2 is 1.88 bits per heavy atom. The summed E-state index contributed by atoms with van der Waals surface area (Å²) in [6.45, 7) is 2.26. The number of Topliss-reactive ketones (excluding diaryl/α,β-unsaturated/α-hetero) is 1. The van der Waals surface area contributed by atoms with Gasteiger partial charge in [0.1, 0.15) is 25.3 Å². The Hall–Kier alpha value is -1.73. The third-order valence-electron chi connectivity index (χ3n) is 4.23. The normalized spacial score (nSPS) is 13.1. The van der Waals surface area contributed by atoms with Crippen LogP contribution < -0.4 is 9.47 Å². The van der Waals surface area contributed by atoms with Gasteiger partial charge in [-0.25, -0.2) is 9.47 Å². The standard InChI is InChI=1S/C19H16IN2OS/c20-16-8-6-15(7-9-16)18(23)12-21-10-11-22-17(13-24-19(21)22)14-4-2-1-3-5-14/h1-9,13H,10-12H2/q+1. The van der Waals surface area contributed by atoms with Gasteiger partial charge in [-0.05, 0) is 34.7 Å². The SMILES string of the molecule is O=C(CN1CC[n+]2c(-c3ccccc3)csc21)c1ccc(I)cc1. The van der Waals surface area contributed by atoms with Crippen LogP contribution in [0.3, 0.4) is 0 Å². The van der Waals surface area contributed by atoms with Crippen molar-refractivity contribution < 1.29 is 9.36 Å². The number of halogens is 1. The number of carbonyl (C=O) groups is 1. The smallest absolute Gasteiger partial charge is 0.290 e. The fourth-order valence-corrected chi connectivity index (χ4v) is 4.46. The van der Waals surface area contributed by atoms with Gasteiger partial charge in [-0.2, -0.15) is 0 Å². The zero-order valence-electron chi connectivity index (χ0n) is 13.0. The minimum atomic E-state index is 0.175. The van der Waals surface area contributed by atoms with Crippen LogP contribution in [0.15, 0.2) is 60.0 Å². The van der Waals surface area contributed by atoms with E-state index in [1.54, 1.807) is 11.3 Å². The highest BCUT2D eigenvalue weighted by Gasteiger charge is 2.33. The molecule has 0 N–H and O–H groups in total. The van der Waals surface area contributed by atoms with E-state index in [1.165, 1.54) is 16.4 Å². The van der Waals surface area contributed by atoms with Gasteiger partial charge in [-0.3, -0.25) is 4.79 Å². The van der Waals surface area contributed by atoms with Crippen molar-refractivity contribution in [2.24, 2.45) is 0 Å². The molecule has 1 aliphatic heterocycles. The van der Waals surface area contributed by atoms with E-state index in [4.69, 9.17) is 0 Å². The van der Waals surface area contributed by atoms with Crippen LogP contribution in [0, 0.1) is 3.57 Å². The van der Waals surface area contributed by atoms with Gasteiger partial charge in [-0.1, -0.05) is 53.8 Å². The monoisotopic (exact) mass is 447 g/mol.